The number of halogens is 1. The van der Waals surface area contributed by atoms with Gasteiger partial charge in [-0.15, -0.1) is 0 Å². The zero-order valence-electron chi connectivity index (χ0n) is 9.12. The van der Waals surface area contributed by atoms with Gasteiger partial charge in [-0.05, 0) is 18.6 Å². The molecule has 16 heavy (non-hydrogen) atoms. The van der Waals surface area contributed by atoms with Crippen molar-refractivity contribution in [2.45, 2.75) is 13.5 Å². The lowest BCUT2D eigenvalue weighted by molar-refractivity contribution is 0.415. The molecule has 1 heterocycles. The Bertz CT molecular complexity index is 542. The van der Waals surface area contributed by atoms with Crippen LogP contribution < -0.4 is 10.5 Å². The van der Waals surface area contributed by atoms with E-state index >= 15 is 0 Å². The van der Waals surface area contributed by atoms with Crippen LogP contribution in [-0.2, 0) is 6.54 Å². The summed E-state index contributed by atoms with van der Waals surface area (Å²) >= 11 is 5.96. The molecule has 4 nitrogen and oxygen atoms in total. The van der Waals surface area contributed by atoms with Gasteiger partial charge in [-0.3, -0.25) is 0 Å². The molecule has 84 valence electrons. The quantitative estimate of drug-likeness (QED) is 0.869. The van der Waals surface area contributed by atoms with E-state index in [0.717, 1.165) is 22.3 Å². The molecule has 0 aliphatic heterocycles. The molecule has 0 saturated carbocycles. The number of hydrogen-bond donors (Lipinski definition) is 1. The number of fused-ring (bicyclic) bond motifs is 1. The first kappa shape index (κ1) is 11.1. The second-order valence-electron chi connectivity index (χ2n) is 3.48. The fourth-order valence-electron chi connectivity index (χ4n) is 1.56. The second-order valence-corrected chi connectivity index (χ2v) is 3.84. The van der Waals surface area contributed by atoms with Gasteiger partial charge in [0.1, 0.15) is 5.75 Å². The van der Waals surface area contributed by atoms with Crippen LogP contribution in [0.4, 0.5) is 0 Å². The van der Waals surface area contributed by atoms with E-state index < -0.39 is 0 Å². The number of rotatable bonds is 2. The summed E-state index contributed by atoms with van der Waals surface area (Å²) in [6.07, 6.45) is 0. The molecule has 5 heteroatoms. The summed E-state index contributed by atoms with van der Waals surface area (Å²) < 4.78 is 5.17. The fraction of sp³-hybridized carbons (Fsp3) is 0.273. The van der Waals surface area contributed by atoms with Crippen molar-refractivity contribution in [1.29, 1.82) is 0 Å². The summed E-state index contributed by atoms with van der Waals surface area (Å²) in [6.45, 7) is 2.22. The number of nitrogens with zero attached hydrogens (tertiary/aromatic N) is 2. The van der Waals surface area contributed by atoms with Crippen molar-refractivity contribution in [2.75, 3.05) is 7.11 Å². The van der Waals surface area contributed by atoms with E-state index in [1.54, 1.807) is 7.11 Å². The molecule has 2 aromatic rings. The number of hydrogen-bond acceptors (Lipinski definition) is 4. The van der Waals surface area contributed by atoms with Gasteiger partial charge < -0.3 is 10.5 Å². The summed E-state index contributed by atoms with van der Waals surface area (Å²) in [5.74, 6) is 0.754. The minimum Gasteiger partial charge on any atom is -0.497 e. The minimum absolute atomic E-state index is 0.276. The van der Waals surface area contributed by atoms with Gasteiger partial charge in [0.15, 0.2) is 5.15 Å². The summed E-state index contributed by atoms with van der Waals surface area (Å²) in [7, 11) is 1.62. The largest absolute Gasteiger partial charge is 0.497 e. The van der Waals surface area contributed by atoms with E-state index in [-0.39, 0.29) is 6.54 Å². The van der Waals surface area contributed by atoms with Crippen molar-refractivity contribution in [3.05, 3.63) is 28.5 Å². The number of benzene rings is 1. The molecule has 2 rings (SSSR count). The molecule has 1 aromatic heterocycles. The van der Waals surface area contributed by atoms with Crippen molar-refractivity contribution in [3.63, 3.8) is 0 Å². The maximum Gasteiger partial charge on any atom is 0.152 e. The Hall–Kier alpha value is -1.39. The normalized spacial score (nSPS) is 10.8. The fourth-order valence-corrected chi connectivity index (χ4v) is 1.77. The highest BCUT2D eigenvalue weighted by molar-refractivity contribution is 6.30. The molecule has 0 bridgehead atoms. The Balaban J connectivity index is 2.75. The molecule has 0 fully saturated rings. The number of ether oxygens (including phenoxy) is 1. The Morgan fingerprint density at radius 1 is 1.38 bits per heavy atom. The lowest BCUT2D eigenvalue weighted by Gasteiger charge is -2.07. The SMILES string of the molecule is COc1cc(C)c2nc(Cl)c(CN)nc2c1. The summed E-state index contributed by atoms with van der Waals surface area (Å²) in [4.78, 5) is 8.65. The maximum absolute atomic E-state index is 5.96. The highest BCUT2D eigenvalue weighted by Crippen LogP contribution is 2.24. The molecule has 0 aliphatic carbocycles. The van der Waals surface area contributed by atoms with Gasteiger partial charge in [0.2, 0.25) is 0 Å². The smallest absolute Gasteiger partial charge is 0.152 e. The van der Waals surface area contributed by atoms with Gasteiger partial charge in [0.25, 0.3) is 0 Å². The van der Waals surface area contributed by atoms with Crippen molar-refractivity contribution >= 4 is 22.6 Å². The summed E-state index contributed by atoms with van der Waals surface area (Å²) in [6, 6.07) is 3.72. The lowest BCUT2D eigenvalue weighted by Crippen LogP contribution is -2.03. The van der Waals surface area contributed by atoms with Gasteiger partial charge in [0.05, 0.1) is 23.8 Å². The van der Waals surface area contributed by atoms with Gasteiger partial charge in [0, 0.05) is 12.6 Å². The average molecular weight is 238 g/mol. The Labute approximate surface area is 98.4 Å². The van der Waals surface area contributed by atoms with Crippen molar-refractivity contribution in [2.24, 2.45) is 5.73 Å². The van der Waals surface area contributed by atoms with Gasteiger partial charge >= 0.3 is 0 Å². The van der Waals surface area contributed by atoms with Crippen molar-refractivity contribution < 1.29 is 4.74 Å². The van der Waals surface area contributed by atoms with Crippen LogP contribution in [0.2, 0.25) is 5.15 Å². The molecule has 0 spiro atoms. The first-order valence-corrected chi connectivity index (χ1v) is 5.24. The molecule has 0 amide bonds. The molecular formula is C11H12ClN3O. The molecular weight excluding hydrogens is 226 g/mol. The van der Waals surface area contributed by atoms with Crippen LogP contribution in [0.15, 0.2) is 12.1 Å². The van der Waals surface area contributed by atoms with Gasteiger partial charge in [-0.25, -0.2) is 9.97 Å². The van der Waals surface area contributed by atoms with E-state index in [1.165, 1.54) is 0 Å². The van der Waals surface area contributed by atoms with E-state index in [2.05, 4.69) is 9.97 Å². The monoisotopic (exact) mass is 237 g/mol. The predicted molar refractivity (Wildman–Crippen MR) is 63.7 cm³/mol. The molecule has 1 aromatic carbocycles. The van der Waals surface area contributed by atoms with E-state index in [0.29, 0.717) is 10.8 Å². The third kappa shape index (κ3) is 1.81. The molecule has 0 saturated heterocycles. The lowest BCUT2D eigenvalue weighted by atomic mass is 10.2. The molecule has 0 radical (unpaired) electrons. The average Bonchev–Trinajstić information content (AvgIpc) is 2.29. The first-order valence-electron chi connectivity index (χ1n) is 4.86. The second kappa shape index (κ2) is 4.23. The highest BCUT2D eigenvalue weighted by atomic mass is 35.5. The Morgan fingerprint density at radius 3 is 2.75 bits per heavy atom. The number of aryl methyl sites for hydroxylation is 1. The Kier molecular flexibility index (Phi) is 2.94. The van der Waals surface area contributed by atoms with Crippen molar-refractivity contribution in [1.82, 2.24) is 9.97 Å². The van der Waals surface area contributed by atoms with Crippen LogP contribution in [0, 0.1) is 6.92 Å². The van der Waals surface area contributed by atoms with E-state index in [4.69, 9.17) is 22.1 Å². The van der Waals surface area contributed by atoms with Crippen LogP contribution in [0.1, 0.15) is 11.3 Å². The summed E-state index contributed by atoms with van der Waals surface area (Å²) in [5.41, 5.74) is 8.64. The number of methoxy groups -OCH3 is 1. The van der Waals surface area contributed by atoms with E-state index in [9.17, 15) is 0 Å². The van der Waals surface area contributed by atoms with Crippen LogP contribution in [-0.4, -0.2) is 17.1 Å². The standard InChI is InChI=1S/C11H12ClN3O/c1-6-3-7(16-2)4-8-10(6)15-11(12)9(5-13)14-8/h3-4H,5,13H2,1-2H3. The Morgan fingerprint density at radius 2 is 2.12 bits per heavy atom. The zero-order valence-corrected chi connectivity index (χ0v) is 9.88. The highest BCUT2D eigenvalue weighted by Gasteiger charge is 2.08. The van der Waals surface area contributed by atoms with Gasteiger partial charge in [-0.1, -0.05) is 11.6 Å². The van der Waals surface area contributed by atoms with Crippen molar-refractivity contribution in [3.8, 4) is 5.75 Å². The molecule has 0 unspecified atom stereocenters. The maximum atomic E-state index is 5.96. The molecule has 0 atom stereocenters. The topological polar surface area (TPSA) is 61.0 Å². The molecule has 0 aliphatic rings. The number of aromatic nitrogens is 2. The van der Waals surface area contributed by atoms with Crippen LogP contribution in [0.5, 0.6) is 5.75 Å². The van der Waals surface area contributed by atoms with E-state index in [1.807, 2.05) is 19.1 Å². The first-order chi connectivity index (χ1) is 7.65. The molecule has 2 N–H and O–H groups in total. The third-order valence-corrected chi connectivity index (χ3v) is 2.69. The summed E-state index contributed by atoms with van der Waals surface area (Å²) in [5, 5.41) is 0.364. The van der Waals surface area contributed by atoms with Crippen LogP contribution in [0.25, 0.3) is 11.0 Å². The predicted octanol–water partition coefficient (Wildman–Crippen LogP) is 2.06. The number of nitrogens with two attached hydrogens (primary N) is 1. The van der Waals surface area contributed by atoms with Gasteiger partial charge in [-0.2, -0.15) is 0 Å². The minimum atomic E-state index is 0.276. The zero-order chi connectivity index (χ0) is 11.7. The van der Waals surface area contributed by atoms with Crippen LogP contribution >= 0.6 is 11.6 Å². The third-order valence-electron chi connectivity index (χ3n) is 2.39. The van der Waals surface area contributed by atoms with Crippen LogP contribution in [0.3, 0.4) is 0 Å².